The number of nitro benzene ring substituents is 2. The fourth-order valence-corrected chi connectivity index (χ4v) is 4.29. The molecular weight excluding hydrogens is 402 g/mol. The number of hydrogen-bond donors (Lipinski definition) is 0. The van der Waals surface area contributed by atoms with Crippen LogP contribution in [0.5, 0.6) is 5.75 Å². The predicted octanol–water partition coefficient (Wildman–Crippen LogP) is 3.42. The molecule has 0 N–H and O–H groups in total. The molecule has 0 saturated heterocycles. The van der Waals surface area contributed by atoms with Crippen molar-refractivity contribution < 1.29 is 23.0 Å². The molecule has 0 saturated carbocycles. The van der Waals surface area contributed by atoms with Gasteiger partial charge in [-0.05, 0) is 24.6 Å². The maximum atomic E-state index is 12.6. The van der Waals surface area contributed by atoms with Crippen LogP contribution >= 0.6 is 0 Å². The number of hydrogen-bond acceptors (Lipinski definition) is 7. The molecule has 0 atom stereocenters. The predicted molar refractivity (Wildman–Crippen MR) is 105 cm³/mol. The van der Waals surface area contributed by atoms with Crippen molar-refractivity contribution in [1.82, 2.24) is 4.31 Å². The van der Waals surface area contributed by atoms with Crippen LogP contribution in [0.1, 0.15) is 25.0 Å². The van der Waals surface area contributed by atoms with Crippen molar-refractivity contribution in [2.24, 2.45) is 0 Å². The van der Waals surface area contributed by atoms with E-state index in [1.54, 1.807) is 26.8 Å². The Morgan fingerprint density at radius 2 is 1.62 bits per heavy atom. The van der Waals surface area contributed by atoms with E-state index in [0.29, 0.717) is 11.1 Å². The van der Waals surface area contributed by atoms with Crippen LogP contribution in [-0.4, -0.2) is 35.7 Å². The number of ether oxygens (including phenoxy) is 1. The average Bonchev–Trinajstić information content (AvgIpc) is 2.67. The van der Waals surface area contributed by atoms with Crippen molar-refractivity contribution >= 4 is 21.4 Å². The normalized spacial score (nSPS) is 11.4. The summed E-state index contributed by atoms with van der Waals surface area (Å²) in [5.41, 5.74) is 0.303. The maximum Gasteiger partial charge on any atom is 0.312 e. The molecule has 0 unspecified atom stereocenters. The maximum absolute atomic E-state index is 12.6. The van der Waals surface area contributed by atoms with E-state index >= 15 is 0 Å². The minimum absolute atomic E-state index is 0.0822. The molecule has 0 bridgehead atoms. The van der Waals surface area contributed by atoms with Gasteiger partial charge in [0.1, 0.15) is 6.61 Å². The van der Waals surface area contributed by atoms with Gasteiger partial charge in [0.05, 0.1) is 14.7 Å². The molecule has 0 aromatic heterocycles. The number of sulfonamides is 1. The largest absolute Gasteiger partial charge is 0.482 e. The molecule has 0 aliphatic rings. The Labute approximate surface area is 168 Å². The van der Waals surface area contributed by atoms with Gasteiger partial charge < -0.3 is 4.74 Å². The van der Waals surface area contributed by atoms with E-state index in [1.165, 1.54) is 28.6 Å². The van der Waals surface area contributed by atoms with Crippen molar-refractivity contribution in [1.29, 1.82) is 0 Å². The minimum Gasteiger partial charge on any atom is -0.482 e. The SMILES string of the molecule is CCN(CC)S(=O)(=O)c1ccc(OCc2cccc([N+](=O)[O-])c2C)c([N+](=O)[O-])c1. The van der Waals surface area contributed by atoms with E-state index in [2.05, 4.69) is 0 Å². The highest BCUT2D eigenvalue weighted by Gasteiger charge is 2.26. The van der Waals surface area contributed by atoms with Crippen LogP contribution in [0.15, 0.2) is 41.3 Å². The van der Waals surface area contributed by atoms with Gasteiger partial charge in [-0.2, -0.15) is 4.31 Å². The zero-order chi connectivity index (χ0) is 21.8. The first-order chi connectivity index (χ1) is 13.6. The summed E-state index contributed by atoms with van der Waals surface area (Å²) in [7, 11) is -3.86. The zero-order valence-electron chi connectivity index (χ0n) is 16.2. The molecule has 2 aromatic rings. The van der Waals surface area contributed by atoms with Crippen LogP contribution < -0.4 is 4.74 Å². The molecule has 0 aliphatic heterocycles. The van der Waals surface area contributed by atoms with Gasteiger partial charge in [0.2, 0.25) is 10.0 Å². The third kappa shape index (κ3) is 4.69. The highest BCUT2D eigenvalue weighted by atomic mass is 32.2. The summed E-state index contributed by atoms with van der Waals surface area (Å²) in [6.45, 7) is 5.23. The number of nitrogens with zero attached hydrogens (tertiary/aromatic N) is 3. The molecule has 0 radical (unpaired) electrons. The lowest BCUT2D eigenvalue weighted by Gasteiger charge is -2.18. The lowest BCUT2D eigenvalue weighted by molar-refractivity contribution is -0.386. The first kappa shape index (κ1) is 22.2. The quantitative estimate of drug-likeness (QED) is 0.446. The Balaban J connectivity index is 2.37. The van der Waals surface area contributed by atoms with Crippen LogP contribution in [0.4, 0.5) is 11.4 Å². The highest BCUT2D eigenvalue weighted by Crippen LogP contribution is 2.32. The second-order valence-electron chi connectivity index (χ2n) is 6.08. The molecule has 2 rings (SSSR count). The van der Waals surface area contributed by atoms with Gasteiger partial charge in [0.15, 0.2) is 5.75 Å². The molecule has 10 nitrogen and oxygen atoms in total. The van der Waals surface area contributed by atoms with Crippen LogP contribution in [0, 0.1) is 27.2 Å². The summed E-state index contributed by atoms with van der Waals surface area (Å²) in [5, 5.41) is 22.5. The van der Waals surface area contributed by atoms with Crippen LogP contribution in [0.2, 0.25) is 0 Å². The second-order valence-corrected chi connectivity index (χ2v) is 8.02. The summed E-state index contributed by atoms with van der Waals surface area (Å²) in [5.74, 6) is -0.126. The molecule has 11 heteroatoms. The Morgan fingerprint density at radius 3 is 2.17 bits per heavy atom. The van der Waals surface area contributed by atoms with Crippen molar-refractivity contribution in [2.75, 3.05) is 13.1 Å². The molecule has 2 aromatic carbocycles. The standard InChI is InChI=1S/C18H21N3O7S/c1-4-19(5-2)29(26,27)15-9-10-18(17(11-15)21(24)25)28-12-14-7-6-8-16(13(14)3)20(22)23/h6-11H,4-5,12H2,1-3H3. The van der Waals surface area contributed by atoms with Crippen molar-refractivity contribution in [3.63, 3.8) is 0 Å². The van der Waals surface area contributed by atoms with Crippen molar-refractivity contribution in [3.8, 4) is 5.75 Å². The summed E-state index contributed by atoms with van der Waals surface area (Å²) >= 11 is 0. The molecule has 0 aliphatic carbocycles. The highest BCUT2D eigenvalue weighted by molar-refractivity contribution is 7.89. The minimum atomic E-state index is -3.86. The van der Waals surface area contributed by atoms with Gasteiger partial charge in [0.25, 0.3) is 5.69 Å². The van der Waals surface area contributed by atoms with E-state index in [1.807, 2.05) is 0 Å². The first-order valence-corrected chi connectivity index (χ1v) is 10.2. The van der Waals surface area contributed by atoms with Gasteiger partial charge in [-0.15, -0.1) is 0 Å². The molecule has 0 spiro atoms. The van der Waals surface area contributed by atoms with Gasteiger partial charge in [-0.25, -0.2) is 8.42 Å². The fraction of sp³-hybridized carbons (Fsp3) is 0.333. The Bertz CT molecular complexity index is 1030. The smallest absolute Gasteiger partial charge is 0.312 e. The third-order valence-corrected chi connectivity index (χ3v) is 6.51. The summed E-state index contributed by atoms with van der Waals surface area (Å²) in [4.78, 5) is 21.1. The molecule has 0 fully saturated rings. The van der Waals surface area contributed by atoms with Crippen molar-refractivity contribution in [3.05, 3.63) is 67.8 Å². The van der Waals surface area contributed by atoms with E-state index in [9.17, 15) is 28.6 Å². The summed E-state index contributed by atoms with van der Waals surface area (Å²) in [6, 6.07) is 7.90. The second kappa shape index (κ2) is 8.97. The number of nitro groups is 2. The Morgan fingerprint density at radius 1 is 1.00 bits per heavy atom. The van der Waals surface area contributed by atoms with Gasteiger partial charge >= 0.3 is 5.69 Å². The van der Waals surface area contributed by atoms with Gasteiger partial charge in [-0.1, -0.05) is 26.0 Å². The topological polar surface area (TPSA) is 133 Å². The molecule has 29 heavy (non-hydrogen) atoms. The van der Waals surface area contributed by atoms with Gasteiger partial charge in [-0.3, -0.25) is 20.2 Å². The van der Waals surface area contributed by atoms with Gasteiger partial charge in [0, 0.05) is 30.8 Å². The first-order valence-electron chi connectivity index (χ1n) is 8.77. The van der Waals surface area contributed by atoms with E-state index in [4.69, 9.17) is 4.74 Å². The molecular formula is C18H21N3O7S. The van der Waals surface area contributed by atoms with Crippen LogP contribution in [0.25, 0.3) is 0 Å². The lowest BCUT2D eigenvalue weighted by Crippen LogP contribution is -2.30. The van der Waals surface area contributed by atoms with E-state index < -0.39 is 25.6 Å². The number of rotatable bonds is 9. The van der Waals surface area contributed by atoms with E-state index in [-0.39, 0.29) is 36.0 Å². The molecule has 156 valence electrons. The molecule has 0 heterocycles. The monoisotopic (exact) mass is 423 g/mol. The third-order valence-electron chi connectivity index (χ3n) is 4.47. The Hall–Kier alpha value is -3.05. The zero-order valence-corrected chi connectivity index (χ0v) is 17.0. The number of benzene rings is 2. The van der Waals surface area contributed by atoms with Crippen LogP contribution in [-0.2, 0) is 16.6 Å². The molecule has 0 amide bonds. The van der Waals surface area contributed by atoms with Crippen LogP contribution in [0.3, 0.4) is 0 Å². The Kier molecular flexibility index (Phi) is 6.88. The summed E-state index contributed by atoms with van der Waals surface area (Å²) in [6.07, 6.45) is 0. The van der Waals surface area contributed by atoms with E-state index in [0.717, 1.165) is 6.07 Å². The lowest BCUT2D eigenvalue weighted by atomic mass is 10.1. The van der Waals surface area contributed by atoms with Crippen molar-refractivity contribution in [2.45, 2.75) is 32.3 Å². The average molecular weight is 423 g/mol. The fourth-order valence-electron chi connectivity index (χ4n) is 2.81. The summed E-state index contributed by atoms with van der Waals surface area (Å²) < 4.78 is 31.9.